The van der Waals surface area contributed by atoms with Crippen molar-refractivity contribution in [3.05, 3.63) is 99.7 Å². The Kier molecular flexibility index (Phi) is 17.5. The predicted molar refractivity (Wildman–Crippen MR) is 183 cm³/mol. The molecule has 10 nitrogen and oxygen atoms in total. The van der Waals surface area contributed by atoms with Crippen LogP contribution in [0.2, 0.25) is 0 Å². The number of benzene rings is 2. The second kappa shape index (κ2) is 21.3. The van der Waals surface area contributed by atoms with Crippen molar-refractivity contribution >= 4 is 24.0 Å². The van der Waals surface area contributed by atoms with Gasteiger partial charge in [0.25, 0.3) is 11.8 Å². The first-order valence-electron chi connectivity index (χ1n) is 15.9. The number of amides is 3. The fourth-order valence-corrected chi connectivity index (χ4v) is 4.68. The number of hydrogen-bond donors (Lipinski definition) is 3. The van der Waals surface area contributed by atoms with Gasteiger partial charge in [-0.05, 0) is 68.5 Å². The third-order valence-corrected chi connectivity index (χ3v) is 7.56. The standard InChI is InChI=1S/C28H40N2O5.C9H9NO2/c1-6-20(2)23(18-22-11-7-8-12-25(22)33-5)19-24(17-21(3)27(31)29-4)28(32)30-14-9-13-26-34-15-10-16-35-26;1-10-9(12)8-5-3-2-4-7(8)6-11/h7-8,11-12,17,19,26H,6,9-10,13-16,18H2,1-5H3,(H,29,31)(H,30,32);2-6H,1H3,(H,10,12)/b21-17+,23-20+,24-19+;. The summed E-state index contributed by atoms with van der Waals surface area (Å²) in [6.07, 6.45) is 7.84. The Bertz CT molecular complexity index is 1440. The largest absolute Gasteiger partial charge is 0.496 e. The maximum Gasteiger partial charge on any atom is 0.251 e. The number of likely N-dealkylation sites (N-methyl/N-ethyl adjacent to an activating group) is 1. The average Bonchev–Trinajstić information content (AvgIpc) is 3.12. The van der Waals surface area contributed by atoms with Crippen LogP contribution in [0.5, 0.6) is 5.75 Å². The number of allylic oxidation sites excluding steroid dienone is 3. The zero-order valence-corrected chi connectivity index (χ0v) is 28.4. The highest BCUT2D eigenvalue weighted by atomic mass is 16.7. The molecule has 254 valence electrons. The molecule has 1 fully saturated rings. The zero-order chi connectivity index (χ0) is 34.6. The highest BCUT2D eigenvalue weighted by molar-refractivity contribution is 6.01. The lowest BCUT2D eigenvalue weighted by Crippen LogP contribution is -2.29. The lowest BCUT2D eigenvalue weighted by Gasteiger charge is -2.23. The summed E-state index contributed by atoms with van der Waals surface area (Å²) < 4.78 is 16.7. The second-order valence-electron chi connectivity index (χ2n) is 10.9. The summed E-state index contributed by atoms with van der Waals surface area (Å²) in [5, 5.41) is 8.07. The fourth-order valence-electron chi connectivity index (χ4n) is 4.68. The quantitative estimate of drug-likeness (QED) is 0.113. The maximum atomic E-state index is 13.2. The topological polar surface area (TPSA) is 132 Å². The van der Waals surface area contributed by atoms with Crippen molar-refractivity contribution in [2.24, 2.45) is 0 Å². The summed E-state index contributed by atoms with van der Waals surface area (Å²) in [6, 6.07) is 14.5. The number of ether oxygens (including phenoxy) is 3. The molecule has 1 aliphatic heterocycles. The lowest BCUT2D eigenvalue weighted by atomic mass is 9.95. The Morgan fingerprint density at radius 3 is 2.26 bits per heavy atom. The Morgan fingerprint density at radius 2 is 1.62 bits per heavy atom. The minimum absolute atomic E-state index is 0.200. The highest BCUT2D eigenvalue weighted by Gasteiger charge is 2.16. The van der Waals surface area contributed by atoms with E-state index in [1.54, 1.807) is 51.4 Å². The number of carbonyl (C=O) groups excluding carboxylic acids is 4. The van der Waals surface area contributed by atoms with Crippen LogP contribution in [0.3, 0.4) is 0 Å². The van der Waals surface area contributed by atoms with Gasteiger partial charge in [-0.1, -0.05) is 48.9 Å². The number of methoxy groups -OCH3 is 1. The summed E-state index contributed by atoms with van der Waals surface area (Å²) in [7, 11) is 4.76. The van der Waals surface area contributed by atoms with Crippen LogP contribution in [0, 0.1) is 0 Å². The first-order chi connectivity index (χ1) is 22.7. The van der Waals surface area contributed by atoms with Crippen LogP contribution >= 0.6 is 0 Å². The first-order valence-corrected chi connectivity index (χ1v) is 15.9. The van der Waals surface area contributed by atoms with E-state index in [0.717, 1.165) is 42.6 Å². The van der Waals surface area contributed by atoms with Gasteiger partial charge in [0, 0.05) is 55.8 Å². The summed E-state index contributed by atoms with van der Waals surface area (Å²) >= 11 is 0. The van der Waals surface area contributed by atoms with Gasteiger partial charge in [0.15, 0.2) is 12.6 Å². The van der Waals surface area contributed by atoms with Crippen molar-refractivity contribution in [1.82, 2.24) is 16.0 Å². The number of hydrogen-bond acceptors (Lipinski definition) is 7. The van der Waals surface area contributed by atoms with E-state index in [9.17, 15) is 19.2 Å². The molecule has 1 saturated heterocycles. The van der Waals surface area contributed by atoms with Gasteiger partial charge < -0.3 is 30.2 Å². The molecule has 3 rings (SSSR count). The Hall–Kier alpha value is -4.54. The van der Waals surface area contributed by atoms with Gasteiger partial charge in [0.2, 0.25) is 5.91 Å². The average molecular weight is 648 g/mol. The summed E-state index contributed by atoms with van der Waals surface area (Å²) in [4.78, 5) is 46.9. The SMILES string of the molecule is CC/C(C)=C(/C=C(\C=C(/C)C(=O)NC)C(=O)NCCCC1OCCCO1)Cc1ccccc1OC.CNC(=O)c1ccccc1C=O. The first kappa shape index (κ1) is 38.6. The van der Waals surface area contributed by atoms with Gasteiger partial charge in [-0.15, -0.1) is 0 Å². The van der Waals surface area contributed by atoms with Crippen molar-refractivity contribution in [2.75, 3.05) is 41.0 Å². The smallest absolute Gasteiger partial charge is 0.251 e. The van der Waals surface area contributed by atoms with E-state index in [2.05, 4.69) is 29.8 Å². The molecule has 0 aromatic heterocycles. The molecular formula is C37H49N3O7. The van der Waals surface area contributed by atoms with E-state index in [0.29, 0.717) is 54.7 Å². The Balaban J connectivity index is 0.000000535. The molecular weight excluding hydrogens is 598 g/mol. The summed E-state index contributed by atoms with van der Waals surface area (Å²) in [5.41, 5.74) is 4.95. The van der Waals surface area contributed by atoms with E-state index in [4.69, 9.17) is 14.2 Å². The minimum Gasteiger partial charge on any atom is -0.496 e. The van der Waals surface area contributed by atoms with Crippen LogP contribution < -0.4 is 20.7 Å². The lowest BCUT2D eigenvalue weighted by molar-refractivity contribution is -0.181. The molecule has 2 aromatic rings. The third kappa shape index (κ3) is 13.0. The number of nitrogens with one attached hydrogen (secondary N) is 3. The van der Waals surface area contributed by atoms with E-state index in [-0.39, 0.29) is 24.0 Å². The van der Waals surface area contributed by atoms with Gasteiger partial charge in [0.05, 0.1) is 20.3 Å². The van der Waals surface area contributed by atoms with Crippen LogP contribution in [0.1, 0.15) is 72.7 Å². The van der Waals surface area contributed by atoms with Gasteiger partial charge >= 0.3 is 0 Å². The second-order valence-corrected chi connectivity index (χ2v) is 10.9. The minimum atomic E-state index is -0.238. The van der Waals surface area contributed by atoms with Crippen LogP contribution in [-0.4, -0.2) is 71.3 Å². The number of aldehydes is 1. The van der Waals surface area contributed by atoms with E-state index < -0.39 is 0 Å². The van der Waals surface area contributed by atoms with E-state index >= 15 is 0 Å². The maximum absolute atomic E-state index is 13.2. The van der Waals surface area contributed by atoms with E-state index in [1.165, 1.54) is 12.6 Å². The summed E-state index contributed by atoms with van der Waals surface area (Å²) in [6.45, 7) is 7.78. The van der Waals surface area contributed by atoms with Crippen molar-refractivity contribution < 1.29 is 33.4 Å². The zero-order valence-electron chi connectivity index (χ0n) is 28.4. The molecule has 3 amide bonds. The van der Waals surface area contributed by atoms with Crippen LogP contribution in [0.25, 0.3) is 0 Å². The molecule has 3 N–H and O–H groups in total. The molecule has 2 aromatic carbocycles. The van der Waals surface area contributed by atoms with Crippen LogP contribution in [-0.2, 0) is 25.5 Å². The monoisotopic (exact) mass is 647 g/mol. The Morgan fingerprint density at radius 1 is 0.936 bits per heavy atom. The Labute approximate surface area is 278 Å². The van der Waals surface area contributed by atoms with Crippen LogP contribution in [0.4, 0.5) is 0 Å². The van der Waals surface area contributed by atoms with Crippen molar-refractivity contribution in [1.29, 1.82) is 0 Å². The number of para-hydroxylation sites is 1. The van der Waals surface area contributed by atoms with Crippen molar-refractivity contribution in [2.45, 2.75) is 59.2 Å². The van der Waals surface area contributed by atoms with Gasteiger partial charge in [-0.25, -0.2) is 0 Å². The van der Waals surface area contributed by atoms with Crippen molar-refractivity contribution in [3.8, 4) is 5.75 Å². The summed E-state index contributed by atoms with van der Waals surface area (Å²) in [5.74, 6) is 0.119. The van der Waals surface area contributed by atoms with Gasteiger partial charge in [-0.3, -0.25) is 19.2 Å². The molecule has 0 unspecified atom stereocenters. The molecule has 10 heteroatoms. The molecule has 0 bridgehead atoms. The predicted octanol–water partition coefficient (Wildman–Crippen LogP) is 5.10. The molecule has 0 spiro atoms. The molecule has 0 aliphatic carbocycles. The molecule has 1 heterocycles. The normalized spacial score (nSPS) is 14.2. The van der Waals surface area contributed by atoms with Gasteiger partial charge in [-0.2, -0.15) is 0 Å². The molecule has 0 saturated carbocycles. The number of rotatable bonds is 14. The molecule has 0 radical (unpaired) electrons. The number of carbonyl (C=O) groups is 4. The van der Waals surface area contributed by atoms with E-state index in [1.807, 2.05) is 30.3 Å². The van der Waals surface area contributed by atoms with Gasteiger partial charge in [0.1, 0.15) is 5.75 Å². The molecule has 47 heavy (non-hydrogen) atoms. The van der Waals surface area contributed by atoms with Crippen LogP contribution in [0.15, 0.2) is 83.0 Å². The highest BCUT2D eigenvalue weighted by Crippen LogP contribution is 2.25. The van der Waals surface area contributed by atoms with Crippen molar-refractivity contribution in [3.63, 3.8) is 0 Å². The molecule has 0 atom stereocenters. The third-order valence-electron chi connectivity index (χ3n) is 7.56. The molecule has 1 aliphatic rings. The fraction of sp³-hybridized carbons (Fsp3) is 0.405.